The number of halogens is 2. The maximum absolute atomic E-state index is 13.6. The molecule has 2 amide bonds. The Morgan fingerprint density at radius 3 is 2.35 bits per heavy atom. The van der Waals surface area contributed by atoms with Crippen molar-refractivity contribution < 1.29 is 18.7 Å². The van der Waals surface area contributed by atoms with Gasteiger partial charge < -0.3 is 4.74 Å². The molecular weight excluding hydrogens is 483 g/mol. The summed E-state index contributed by atoms with van der Waals surface area (Å²) in [6.45, 7) is 0. The van der Waals surface area contributed by atoms with Crippen LogP contribution in [0.3, 0.4) is 0 Å². The molecule has 8 heteroatoms. The lowest BCUT2D eigenvalue weighted by Gasteiger charge is -2.29. The van der Waals surface area contributed by atoms with E-state index in [2.05, 4.69) is 21.2 Å². The zero-order valence-corrected chi connectivity index (χ0v) is 18.2. The fourth-order valence-corrected chi connectivity index (χ4v) is 3.60. The first kappa shape index (κ1) is 20.9. The van der Waals surface area contributed by atoms with Crippen LogP contribution in [0.2, 0.25) is 0 Å². The zero-order chi connectivity index (χ0) is 22.0. The topological polar surface area (TPSA) is 58.6 Å². The molecule has 1 heterocycles. The van der Waals surface area contributed by atoms with E-state index in [0.717, 1.165) is 0 Å². The lowest BCUT2D eigenvalue weighted by Crippen LogP contribution is -2.54. The average Bonchev–Trinajstić information content (AvgIpc) is 2.75. The molecule has 154 valence electrons. The molecule has 4 rings (SSSR count). The van der Waals surface area contributed by atoms with Gasteiger partial charge in [0.2, 0.25) is 0 Å². The van der Waals surface area contributed by atoms with Crippen molar-refractivity contribution in [3.8, 4) is 11.5 Å². The molecule has 0 aromatic heterocycles. The van der Waals surface area contributed by atoms with Gasteiger partial charge in [-0.1, -0.05) is 34.1 Å². The van der Waals surface area contributed by atoms with E-state index >= 15 is 0 Å². The molecule has 0 aliphatic carbocycles. The lowest BCUT2D eigenvalue weighted by atomic mass is 10.1. The Morgan fingerprint density at radius 1 is 0.968 bits per heavy atom. The summed E-state index contributed by atoms with van der Waals surface area (Å²) in [6.07, 6.45) is 1.33. The van der Waals surface area contributed by atoms with Gasteiger partial charge in [-0.15, -0.1) is 0 Å². The molecule has 0 spiro atoms. The van der Waals surface area contributed by atoms with E-state index in [1.54, 1.807) is 24.3 Å². The van der Waals surface area contributed by atoms with Gasteiger partial charge in [0.15, 0.2) is 5.11 Å². The molecule has 3 aromatic rings. The Balaban J connectivity index is 1.62. The second kappa shape index (κ2) is 8.79. The fourth-order valence-electron chi connectivity index (χ4n) is 2.96. The number of hydrogen-bond donors (Lipinski definition) is 1. The Hall–Kier alpha value is -3.36. The first-order chi connectivity index (χ1) is 14.9. The van der Waals surface area contributed by atoms with Gasteiger partial charge in [0, 0.05) is 4.47 Å². The molecule has 5 nitrogen and oxygen atoms in total. The number of nitrogens with zero attached hydrogens (tertiary/aromatic N) is 1. The van der Waals surface area contributed by atoms with E-state index in [1.807, 2.05) is 30.3 Å². The van der Waals surface area contributed by atoms with Gasteiger partial charge in [-0.3, -0.25) is 19.8 Å². The maximum atomic E-state index is 13.6. The molecule has 0 atom stereocenters. The standard InChI is InChI=1S/C23H14BrFN2O3S/c24-20-11-6-15(25)12-14(20)13-19-21(28)26-23(31)27(22(19)29)16-7-9-18(10-8-16)30-17-4-2-1-3-5-17/h1-13H,(H,26,28,31). The van der Waals surface area contributed by atoms with Crippen molar-refractivity contribution in [2.45, 2.75) is 0 Å². The van der Waals surface area contributed by atoms with E-state index in [1.165, 1.54) is 29.2 Å². The summed E-state index contributed by atoms with van der Waals surface area (Å²) in [4.78, 5) is 26.7. The van der Waals surface area contributed by atoms with Crippen LogP contribution in [0.1, 0.15) is 5.56 Å². The highest BCUT2D eigenvalue weighted by molar-refractivity contribution is 9.10. The first-order valence-corrected chi connectivity index (χ1v) is 10.3. The van der Waals surface area contributed by atoms with Crippen molar-refractivity contribution >= 4 is 56.8 Å². The summed E-state index contributed by atoms with van der Waals surface area (Å²) in [5, 5.41) is 2.47. The average molecular weight is 497 g/mol. The normalized spacial score (nSPS) is 15.2. The molecule has 0 unspecified atom stereocenters. The highest BCUT2D eigenvalue weighted by Gasteiger charge is 2.34. The number of nitrogens with one attached hydrogen (secondary N) is 1. The van der Waals surface area contributed by atoms with Crippen molar-refractivity contribution in [1.82, 2.24) is 5.32 Å². The number of anilines is 1. The van der Waals surface area contributed by atoms with Gasteiger partial charge in [0.1, 0.15) is 22.9 Å². The summed E-state index contributed by atoms with van der Waals surface area (Å²) in [5.74, 6) is -0.486. The molecular formula is C23H14BrFN2O3S. The van der Waals surface area contributed by atoms with Gasteiger partial charge in [0.05, 0.1) is 5.69 Å². The van der Waals surface area contributed by atoms with Gasteiger partial charge in [-0.2, -0.15) is 0 Å². The summed E-state index contributed by atoms with van der Waals surface area (Å²) in [5.41, 5.74) is 0.655. The predicted molar refractivity (Wildman–Crippen MR) is 123 cm³/mol. The smallest absolute Gasteiger partial charge is 0.270 e. The Morgan fingerprint density at radius 2 is 1.65 bits per heavy atom. The number of carbonyl (C=O) groups excluding carboxylic acids is 2. The minimum Gasteiger partial charge on any atom is -0.457 e. The van der Waals surface area contributed by atoms with E-state index in [-0.39, 0.29) is 10.7 Å². The van der Waals surface area contributed by atoms with Gasteiger partial charge in [0.25, 0.3) is 11.8 Å². The minimum atomic E-state index is -0.647. The zero-order valence-electron chi connectivity index (χ0n) is 15.8. The Kier molecular flexibility index (Phi) is 5.92. The SMILES string of the molecule is O=C1NC(=S)N(c2ccc(Oc3ccccc3)cc2)C(=O)C1=Cc1cc(F)ccc1Br. The third-order valence-corrected chi connectivity index (χ3v) is 5.44. The fraction of sp³-hybridized carbons (Fsp3) is 0. The second-order valence-corrected chi connectivity index (χ2v) is 7.77. The summed E-state index contributed by atoms with van der Waals surface area (Å²) >= 11 is 8.51. The van der Waals surface area contributed by atoms with Crippen LogP contribution >= 0.6 is 28.1 Å². The van der Waals surface area contributed by atoms with Crippen LogP contribution in [0.15, 0.2) is 82.8 Å². The van der Waals surface area contributed by atoms with E-state index < -0.39 is 17.6 Å². The molecule has 1 saturated heterocycles. The summed E-state index contributed by atoms with van der Waals surface area (Å²) < 4.78 is 19.9. The predicted octanol–water partition coefficient (Wildman–Crippen LogP) is 5.21. The van der Waals surface area contributed by atoms with Gasteiger partial charge >= 0.3 is 0 Å². The number of hydrogen-bond acceptors (Lipinski definition) is 4. The van der Waals surface area contributed by atoms with E-state index in [4.69, 9.17) is 17.0 Å². The molecule has 31 heavy (non-hydrogen) atoms. The second-order valence-electron chi connectivity index (χ2n) is 6.53. The van der Waals surface area contributed by atoms with E-state index in [9.17, 15) is 14.0 Å². The van der Waals surface area contributed by atoms with E-state index in [0.29, 0.717) is 27.2 Å². The van der Waals surface area contributed by atoms with Crippen LogP contribution in [-0.2, 0) is 9.59 Å². The Labute approximate surface area is 191 Å². The molecule has 1 N–H and O–H groups in total. The van der Waals surface area contributed by atoms with Gasteiger partial charge in [-0.25, -0.2) is 4.39 Å². The molecule has 1 fully saturated rings. The highest BCUT2D eigenvalue weighted by atomic mass is 79.9. The van der Waals surface area contributed by atoms with Crippen molar-refractivity contribution in [3.05, 3.63) is 94.2 Å². The van der Waals surface area contributed by atoms with Gasteiger partial charge in [-0.05, 0) is 78.5 Å². The van der Waals surface area contributed by atoms with Crippen LogP contribution < -0.4 is 15.0 Å². The first-order valence-electron chi connectivity index (χ1n) is 9.12. The summed E-state index contributed by atoms with van der Waals surface area (Å²) in [7, 11) is 0. The summed E-state index contributed by atoms with van der Waals surface area (Å²) in [6, 6.07) is 20.0. The number of carbonyl (C=O) groups is 2. The van der Waals surface area contributed by atoms with Crippen LogP contribution in [0.4, 0.5) is 10.1 Å². The number of thiocarbonyl (C=S) groups is 1. The van der Waals surface area contributed by atoms with Crippen molar-refractivity contribution in [2.75, 3.05) is 4.90 Å². The van der Waals surface area contributed by atoms with Crippen molar-refractivity contribution in [2.24, 2.45) is 0 Å². The minimum absolute atomic E-state index is 0.0396. The molecule has 0 saturated carbocycles. The molecule has 1 aliphatic heterocycles. The highest BCUT2D eigenvalue weighted by Crippen LogP contribution is 2.28. The lowest BCUT2D eigenvalue weighted by molar-refractivity contribution is -0.122. The third kappa shape index (κ3) is 4.55. The number of amides is 2. The van der Waals surface area contributed by atoms with Crippen LogP contribution in [-0.4, -0.2) is 16.9 Å². The Bertz CT molecular complexity index is 1210. The third-order valence-electron chi connectivity index (χ3n) is 4.43. The number of ether oxygens (including phenoxy) is 1. The number of para-hydroxylation sites is 1. The molecule has 0 radical (unpaired) electrons. The number of benzene rings is 3. The van der Waals surface area contributed by atoms with Crippen molar-refractivity contribution in [1.29, 1.82) is 0 Å². The quantitative estimate of drug-likeness (QED) is 0.306. The van der Waals surface area contributed by atoms with Crippen LogP contribution in [0, 0.1) is 5.82 Å². The maximum Gasteiger partial charge on any atom is 0.270 e. The van der Waals surface area contributed by atoms with Crippen molar-refractivity contribution in [3.63, 3.8) is 0 Å². The number of rotatable bonds is 4. The molecule has 0 bridgehead atoms. The largest absolute Gasteiger partial charge is 0.457 e. The van der Waals surface area contributed by atoms with Crippen LogP contribution in [0.5, 0.6) is 11.5 Å². The molecule has 1 aliphatic rings. The monoisotopic (exact) mass is 496 g/mol. The molecule has 3 aromatic carbocycles. The van der Waals surface area contributed by atoms with Crippen LogP contribution in [0.25, 0.3) is 6.08 Å².